The molecule has 2 heterocycles. The van der Waals surface area contributed by atoms with Crippen LogP contribution in [0.5, 0.6) is 0 Å². The van der Waals surface area contributed by atoms with Gasteiger partial charge in [0.2, 0.25) is 0 Å². The second-order valence-electron chi connectivity index (χ2n) is 2.68. The van der Waals surface area contributed by atoms with Crippen LogP contribution in [-0.2, 0) is 7.05 Å². The zero-order chi connectivity index (χ0) is 9.26. The van der Waals surface area contributed by atoms with Crippen LogP contribution in [0.4, 0.5) is 5.82 Å². The van der Waals surface area contributed by atoms with Crippen molar-refractivity contribution in [2.75, 3.05) is 5.73 Å². The molecule has 2 N–H and O–H groups in total. The summed E-state index contributed by atoms with van der Waals surface area (Å²) in [5.74, 6) is 1.01. The second kappa shape index (κ2) is 2.85. The fourth-order valence-electron chi connectivity index (χ4n) is 1.03. The predicted octanol–water partition coefficient (Wildman–Crippen LogP) is 0.459. The monoisotopic (exact) mass is 175 g/mol. The molecule has 0 atom stereocenters. The summed E-state index contributed by atoms with van der Waals surface area (Å²) in [5.41, 5.74) is 6.25. The Hall–Kier alpha value is -1.91. The molecule has 0 bridgehead atoms. The fourth-order valence-corrected chi connectivity index (χ4v) is 1.03. The van der Waals surface area contributed by atoms with Gasteiger partial charge >= 0.3 is 0 Å². The third kappa shape index (κ3) is 1.48. The molecule has 0 fully saturated rings. The van der Waals surface area contributed by atoms with Crippen LogP contribution in [0.25, 0.3) is 11.5 Å². The lowest BCUT2D eigenvalue weighted by atomic mass is 10.4. The summed E-state index contributed by atoms with van der Waals surface area (Å²) in [6.07, 6.45) is 3.45. The molecule has 0 aliphatic rings. The van der Waals surface area contributed by atoms with E-state index in [2.05, 4.69) is 15.1 Å². The van der Waals surface area contributed by atoms with Crippen molar-refractivity contribution < 1.29 is 0 Å². The molecule has 2 aromatic heterocycles. The summed E-state index contributed by atoms with van der Waals surface area (Å²) >= 11 is 0. The molecule has 2 rings (SSSR count). The molecule has 0 aliphatic carbocycles. The van der Waals surface area contributed by atoms with Crippen molar-refractivity contribution in [3.05, 3.63) is 24.5 Å². The van der Waals surface area contributed by atoms with Gasteiger partial charge in [-0.25, -0.2) is 9.97 Å². The highest BCUT2D eigenvalue weighted by Crippen LogP contribution is 2.11. The second-order valence-corrected chi connectivity index (χ2v) is 2.68. The van der Waals surface area contributed by atoms with Crippen LogP contribution in [-0.4, -0.2) is 19.7 Å². The van der Waals surface area contributed by atoms with Crippen LogP contribution in [0.3, 0.4) is 0 Å². The van der Waals surface area contributed by atoms with Crippen LogP contribution in [0.1, 0.15) is 0 Å². The zero-order valence-electron chi connectivity index (χ0n) is 7.18. The molecular weight excluding hydrogens is 166 g/mol. The Morgan fingerprint density at radius 2 is 2.23 bits per heavy atom. The Morgan fingerprint density at radius 1 is 1.38 bits per heavy atom. The fraction of sp³-hybridized carbons (Fsp3) is 0.125. The first-order valence-electron chi connectivity index (χ1n) is 3.84. The molecule has 0 amide bonds. The summed E-state index contributed by atoms with van der Waals surface area (Å²) in [5, 5.41) is 4.16. The number of hydrogen-bond donors (Lipinski definition) is 1. The van der Waals surface area contributed by atoms with E-state index in [1.165, 1.54) is 0 Å². The first-order chi connectivity index (χ1) is 6.25. The maximum atomic E-state index is 5.52. The number of nitrogens with zero attached hydrogens (tertiary/aromatic N) is 4. The Labute approximate surface area is 75.2 Å². The van der Waals surface area contributed by atoms with Crippen molar-refractivity contribution in [1.82, 2.24) is 19.7 Å². The Balaban J connectivity index is 2.46. The molecule has 0 saturated heterocycles. The molecule has 0 saturated carbocycles. The van der Waals surface area contributed by atoms with E-state index >= 15 is 0 Å². The quantitative estimate of drug-likeness (QED) is 0.683. The standard InChI is InChI=1S/C8H9N5/c1-13-5-3-6(12-13)8-10-4-2-7(9)11-8/h2-5H,1H3,(H2,9,10,11). The van der Waals surface area contributed by atoms with Gasteiger partial charge < -0.3 is 5.73 Å². The minimum atomic E-state index is 0.454. The summed E-state index contributed by atoms with van der Waals surface area (Å²) in [4.78, 5) is 8.10. The van der Waals surface area contributed by atoms with Crippen molar-refractivity contribution in [1.29, 1.82) is 0 Å². The van der Waals surface area contributed by atoms with Gasteiger partial charge in [0.25, 0.3) is 0 Å². The number of nitrogen functional groups attached to an aromatic ring is 1. The van der Waals surface area contributed by atoms with E-state index in [1.807, 2.05) is 19.3 Å². The van der Waals surface area contributed by atoms with Gasteiger partial charge in [-0.2, -0.15) is 5.10 Å². The number of anilines is 1. The summed E-state index contributed by atoms with van der Waals surface area (Å²) < 4.78 is 1.70. The number of rotatable bonds is 1. The summed E-state index contributed by atoms with van der Waals surface area (Å²) in [6.45, 7) is 0. The topological polar surface area (TPSA) is 69.6 Å². The molecule has 2 aromatic rings. The van der Waals surface area contributed by atoms with Gasteiger partial charge in [-0.15, -0.1) is 0 Å². The highest BCUT2D eigenvalue weighted by molar-refractivity contribution is 5.50. The van der Waals surface area contributed by atoms with E-state index < -0.39 is 0 Å². The molecule has 66 valence electrons. The Morgan fingerprint density at radius 3 is 2.85 bits per heavy atom. The average molecular weight is 175 g/mol. The Bertz CT molecular complexity index is 420. The summed E-state index contributed by atoms with van der Waals surface area (Å²) in [7, 11) is 1.84. The van der Waals surface area contributed by atoms with Crippen LogP contribution in [0.15, 0.2) is 24.5 Å². The van der Waals surface area contributed by atoms with Gasteiger partial charge in [0.15, 0.2) is 5.82 Å². The molecule has 0 spiro atoms. The maximum Gasteiger partial charge on any atom is 0.182 e. The molecule has 13 heavy (non-hydrogen) atoms. The van der Waals surface area contributed by atoms with Crippen molar-refractivity contribution in [2.45, 2.75) is 0 Å². The average Bonchev–Trinajstić information content (AvgIpc) is 2.52. The number of aryl methyl sites for hydroxylation is 1. The third-order valence-electron chi connectivity index (χ3n) is 1.62. The van der Waals surface area contributed by atoms with Gasteiger partial charge in [-0.1, -0.05) is 0 Å². The van der Waals surface area contributed by atoms with E-state index in [4.69, 9.17) is 5.73 Å². The van der Waals surface area contributed by atoms with Gasteiger partial charge in [-0.3, -0.25) is 4.68 Å². The summed E-state index contributed by atoms with van der Waals surface area (Å²) in [6, 6.07) is 3.49. The molecule has 0 unspecified atom stereocenters. The van der Waals surface area contributed by atoms with Gasteiger partial charge in [-0.05, 0) is 12.1 Å². The zero-order valence-corrected chi connectivity index (χ0v) is 7.18. The minimum absolute atomic E-state index is 0.454. The first-order valence-corrected chi connectivity index (χ1v) is 3.84. The van der Waals surface area contributed by atoms with E-state index in [-0.39, 0.29) is 0 Å². The largest absolute Gasteiger partial charge is 0.384 e. The normalized spacial score (nSPS) is 10.2. The SMILES string of the molecule is Cn1ccc(-c2nccc(N)n2)n1. The van der Waals surface area contributed by atoms with Crippen LogP contribution in [0.2, 0.25) is 0 Å². The molecule has 0 aliphatic heterocycles. The number of nitrogens with two attached hydrogens (primary N) is 1. The van der Waals surface area contributed by atoms with Crippen molar-refractivity contribution in [3.8, 4) is 11.5 Å². The van der Waals surface area contributed by atoms with E-state index in [9.17, 15) is 0 Å². The predicted molar refractivity (Wildman–Crippen MR) is 48.6 cm³/mol. The van der Waals surface area contributed by atoms with Gasteiger partial charge in [0.05, 0.1) is 0 Å². The van der Waals surface area contributed by atoms with Crippen LogP contribution < -0.4 is 5.73 Å². The first kappa shape index (κ1) is 7.72. The van der Waals surface area contributed by atoms with Crippen molar-refractivity contribution in [3.63, 3.8) is 0 Å². The maximum absolute atomic E-state index is 5.52. The number of aromatic nitrogens is 4. The molecule has 5 nitrogen and oxygen atoms in total. The lowest BCUT2D eigenvalue weighted by Crippen LogP contribution is -1.95. The van der Waals surface area contributed by atoms with Crippen molar-refractivity contribution >= 4 is 5.82 Å². The lowest BCUT2D eigenvalue weighted by molar-refractivity contribution is 0.768. The van der Waals surface area contributed by atoms with Gasteiger partial charge in [0, 0.05) is 19.4 Å². The minimum Gasteiger partial charge on any atom is -0.384 e. The highest BCUT2D eigenvalue weighted by Gasteiger charge is 2.03. The van der Waals surface area contributed by atoms with Crippen LogP contribution >= 0.6 is 0 Å². The van der Waals surface area contributed by atoms with Crippen molar-refractivity contribution in [2.24, 2.45) is 7.05 Å². The van der Waals surface area contributed by atoms with E-state index in [1.54, 1.807) is 16.9 Å². The molecule has 0 aromatic carbocycles. The van der Waals surface area contributed by atoms with Gasteiger partial charge in [0.1, 0.15) is 11.5 Å². The highest BCUT2D eigenvalue weighted by atomic mass is 15.3. The van der Waals surface area contributed by atoms with E-state index in [0.29, 0.717) is 11.6 Å². The van der Waals surface area contributed by atoms with E-state index in [0.717, 1.165) is 5.69 Å². The third-order valence-corrected chi connectivity index (χ3v) is 1.62. The Kier molecular flexibility index (Phi) is 1.70. The molecule has 0 radical (unpaired) electrons. The number of hydrogen-bond acceptors (Lipinski definition) is 4. The smallest absolute Gasteiger partial charge is 0.182 e. The lowest BCUT2D eigenvalue weighted by Gasteiger charge is -1.95. The van der Waals surface area contributed by atoms with Crippen LogP contribution in [0, 0.1) is 0 Å². The molecular formula is C8H9N5. The molecule has 5 heteroatoms.